The van der Waals surface area contributed by atoms with Crippen molar-refractivity contribution in [2.24, 2.45) is 22.2 Å². The van der Waals surface area contributed by atoms with Gasteiger partial charge in [-0.2, -0.15) is 0 Å². The molecule has 16 heteroatoms. The Morgan fingerprint density at radius 3 is 1.76 bits per heavy atom. The predicted octanol–water partition coefficient (Wildman–Crippen LogP) is -5.58. The van der Waals surface area contributed by atoms with Gasteiger partial charge in [0.1, 0.15) is 30.2 Å². The molecule has 5 atom stereocenters. The third-order valence-electron chi connectivity index (χ3n) is 4.41. The lowest BCUT2D eigenvalue weighted by Gasteiger charge is -2.22. The van der Waals surface area contributed by atoms with E-state index in [1.165, 1.54) is 13.8 Å². The van der Waals surface area contributed by atoms with Gasteiger partial charge >= 0.3 is 5.97 Å². The summed E-state index contributed by atoms with van der Waals surface area (Å²) in [6.07, 6.45) is 0.323. The van der Waals surface area contributed by atoms with Gasteiger partial charge in [-0.25, -0.2) is 4.79 Å². The van der Waals surface area contributed by atoms with Crippen molar-refractivity contribution >= 4 is 35.6 Å². The molecule has 16 nitrogen and oxygen atoms in total. The normalized spacial score (nSPS) is 15.0. The van der Waals surface area contributed by atoms with Crippen LogP contribution in [0.4, 0.5) is 0 Å². The number of carbonyl (C=O) groups is 5. The van der Waals surface area contributed by atoms with Crippen LogP contribution in [0.25, 0.3) is 0 Å². The summed E-state index contributed by atoms with van der Waals surface area (Å²) in [5, 5.41) is 36.4. The average molecular weight is 491 g/mol. The van der Waals surface area contributed by atoms with E-state index in [0.29, 0.717) is 0 Å². The zero-order valence-electron chi connectivity index (χ0n) is 19.0. The molecule has 0 spiro atoms. The van der Waals surface area contributed by atoms with Crippen molar-refractivity contribution in [2.75, 3.05) is 19.8 Å². The number of amides is 4. The fourth-order valence-electron chi connectivity index (χ4n) is 2.40. The molecule has 0 saturated carbocycles. The van der Waals surface area contributed by atoms with Crippen LogP contribution >= 0.6 is 0 Å². The number of aliphatic hydroxyl groups excluding tert-OH is 2. The molecule has 0 heterocycles. The third-order valence-corrected chi connectivity index (χ3v) is 4.41. The van der Waals surface area contributed by atoms with E-state index in [1.807, 2.05) is 0 Å². The molecule has 0 fully saturated rings. The highest BCUT2D eigenvalue weighted by Gasteiger charge is 2.28. The molecule has 0 bridgehead atoms. The number of carbonyl (C=O) groups excluding carboxylic acids is 4. The molecule has 0 aromatic heterocycles. The first-order valence-electron chi connectivity index (χ1n) is 10.3. The highest BCUT2D eigenvalue weighted by atomic mass is 16.4. The number of guanidine groups is 1. The second-order valence-electron chi connectivity index (χ2n) is 7.34. The second-order valence-corrected chi connectivity index (χ2v) is 7.34. The monoisotopic (exact) mass is 490 g/mol. The van der Waals surface area contributed by atoms with Crippen molar-refractivity contribution in [3.8, 4) is 0 Å². The van der Waals surface area contributed by atoms with Gasteiger partial charge in [0.25, 0.3) is 0 Å². The molecule has 0 unspecified atom stereocenters. The van der Waals surface area contributed by atoms with Crippen molar-refractivity contribution < 1.29 is 39.3 Å². The Balaban J connectivity index is 4.80. The second kappa shape index (κ2) is 15.4. The van der Waals surface area contributed by atoms with Crippen LogP contribution < -0.4 is 38.5 Å². The molecule has 0 aromatic rings. The average Bonchev–Trinajstić information content (AvgIpc) is 2.77. The lowest BCUT2D eigenvalue weighted by molar-refractivity contribution is -0.142. The number of carboxylic acid groups (broad SMARTS) is 1. The summed E-state index contributed by atoms with van der Waals surface area (Å²) in [7, 11) is 0. The number of carboxylic acids is 1. The third kappa shape index (κ3) is 11.4. The van der Waals surface area contributed by atoms with E-state index >= 15 is 0 Å². The summed E-state index contributed by atoms with van der Waals surface area (Å²) in [5.41, 5.74) is 15.7. The molecule has 0 aliphatic heterocycles. The summed E-state index contributed by atoms with van der Waals surface area (Å²) in [6.45, 7) is 1.29. The van der Waals surface area contributed by atoms with Crippen LogP contribution in [0.5, 0.6) is 0 Å². The fourth-order valence-corrected chi connectivity index (χ4v) is 2.40. The summed E-state index contributed by atoms with van der Waals surface area (Å²) in [4.78, 5) is 63.6. The maximum atomic E-state index is 12.3. The number of nitrogens with one attached hydrogen (secondary N) is 4. The first kappa shape index (κ1) is 30.5. The Morgan fingerprint density at radius 2 is 1.29 bits per heavy atom. The van der Waals surface area contributed by atoms with Crippen molar-refractivity contribution in [2.45, 2.75) is 56.9 Å². The summed E-state index contributed by atoms with van der Waals surface area (Å²) in [5.74, 6) is -4.78. The van der Waals surface area contributed by atoms with Gasteiger partial charge < -0.3 is 53.8 Å². The number of hydrogen-bond donors (Lipinski definition) is 10. The highest BCUT2D eigenvalue weighted by molar-refractivity contribution is 5.95. The highest BCUT2D eigenvalue weighted by Crippen LogP contribution is 2.00. The standard InChI is InChI=1S/C18H34N8O8/c1-8(24-16(32)12(7-28)26-15(31)10(19)6-27)13(29)23-9(2)14(30)25-11(17(33)34)4-3-5-22-18(20)21/h8-12,27-28H,3-7,19H2,1-2H3,(H,23,29)(H,24,32)(H,25,30)(H,26,31)(H,33,34)(H4,20,21,22)/t8-,9-,10-,11-,12-/m0/s1. The van der Waals surface area contributed by atoms with Crippen LogP contribution in [0.1, 0.15) is 26.7 Å². The first-order chi connectivity index (χ1) is 15.8. The lowest BCUT2D eigenvalue weighted by atomic mass is 10.1. The number of aliphatic hydroxyl groups is 2. The van der Waals surface area contributed by atoms with Crippen LogP contribution in [0.15, 0.2) is 4.99 Å². The minimum absolute atomic E-state index is 0.0409. The quantitative estimate of drug-likeness (QED) is 0.0586. The van der Waals surface area contributed by atoms with Crippen LogP contribution in [-0.2, 0) is 24.0 Å². The number of nitrogens with zero attached hydrogens (tertiary/aromatic N) is 1. The van der Waals surface area contributed by atoms with E-state index in [9.17, 15) is 34.2 Å². The van der Waals surface area contributed by atoms with E-state index in [2.05, 4.69) is 26.3 Å². The topological polar surface area (TPSA) is 285 Å². The Labute approximate surface area is 195 Å². The molecular formula is C18H34N8O8. The van der Waals surface area contributed by atoms with E-state index in [-0.39, 0.29) is 25.3 Å². The van der Waals surface area contributed by atoms with Crippen molar-refractivity contribution in [1.82, 2.24) is 21.3 Å². The molecule has 0 radical (unpaired) electrons. The molecule has 34 heavy (non-hydrogen) atoms. The van der Waals surface area contributed by atoms with Crippen LogP contribution in [0, 0.1) is 0 Å². The Bertz CT molecular complexity index is 758. The minimum atomic E-state index is -1.43. The zero-order chi connectivity index (χ0) is 26.4. The lowest BCUT2D eigenvalue weighted by Crippen LogP contribution is -2.58. The van der Waals surface area contributed by atoms with E-state index in [0.717, 1.165) is 0 Å². The fraction of sp³-hybridized carbons (Fsp3) is 0.667. The van der Waals surface area contributed by atoms with Gasteiger partial charge in [-0.1, -0.05) is 0 Å². The summed E-state index contributed by atoms with van der Waals surface area (Å²) >= 11 is 0. The van der Waals surface area contributed by atoms with Gasteiger partial charge in [-0.15, -0.1) is 0 Å². The van der Waals surface area contributed by atoms with Crippen LogP contribution in [-0.4, -0.2) is 101 Å². The van der Waals surface area contributed by atoms with Gasteiger partial charge in [-0.05, 0) is 26.7 Å². The molecule has 0 aliphatic carbocycles. The van der Waals surface area contributed by atoms with Crippen molar-refractivity contribution in [1.29, 1.82) is 0 Å². The molecule has 0 saturated heterocycles. The maximum Gasteiger partial charge on any atom is 0.326 e. The van der Waals surface area contributed by atoms with Gasteiger partial charge in [0, 0.05) is 6.54 Å². The van der Waals surface area contributed by atoms with Crippen molar-refractivity contribution in [3.05, 3.63) is 0 Å². The van der Waals surface area contributed by atoms with Gasteiger partial charge in [0.2, 0.25) is 23.6 Å². The molecular weight excluding hydrogens is 456 g/mol. The van der Waals surface area contributed by atoms with E-state index in [1.54, 1.807) is 0 Å². The van der Waals surface area contributed by atoms with Crippen LogP contribution in [0.2, 0.25) is 0 Å². The van der Waals surface area contributed by atoms with Gasteiger partial charge in [0.15, 0.2) is 5.96 Å². The first-order valence-corrected chi connectivity index (χ1v) is 10.3. The summed E-state index contributed by atoms with van der Waals surface area (Å²) < 4.78 is 0. The molecule has 0 aliphatic rings. The van der Waals surface area contributed by atoms with Gasteiger partial charge in [0.05, 0.1) is 13.2 Å². The van der Waals surface area contributed by atoms with Gasteiger partial charge in [-0.3, -0.25) is 24.2 Å². The largest absolute Gasteiger partial charge is 0.480 e. The minimum Gasteiger partial charge on any atom is -0.480 e. The molecule has 0 aromatic carbocycles. The number of rotatable bonds is 15. The van der Waals surface area contributed by atoms with E-state index in [4.69, 9.17) is 22.3 Å². The predicted molar refractivity (Wildman–Crippen MR) is 119 cm³/mol. The Hall–Kier alpha value is -3.50. The Kier molecular flexibility index (Phi) is 13.8. The molecule has 4 amide bonds. The number of hydrogen-bond acceptors (Lipinski definition) is 9. The van der Waals surface area contributed by atoms with Crippen LogP contribution in [0.3, 0.4) is 0 Å². The Morgan fingerprint density at radius 1 is 0.794 bits per heavy atom. The summed E-state index contributed by atoms with van der Waals surface area (Å²) in [6, 6.07) is -6.31. The van der Waals surface area contributed by atoms with E-state index < -0.39 is 73.0 Å². The zero-order valence-corrected chi connectivity index (χ0v) is 19.0. The van der Waals surface area contributed by atoms with Crippen molar-refractivity contribution in [3.63, 3.8) is 0 Å². The SMILES string of the molecule is C[C@H](NC(=O)[C@H](C)NC(=O)[C@H](CO)NC(=O)[C@@H](N)CO)C(=O)N[C@@H](CCCN=C(N)N)C(=O)O. The number of aliphatic imine (C=N–C) groups is 1. The molecule has 194 valence electrons. The molecule has 0 rings (SSSR count). The smallest absolute Gasteiger partial charge is 0.326 e. The number of nitrogens with two attached hydrogens (primary N) is 3. The maximum absolute atomic E-state index is 12.3. The number of aliphatic carboxylic acids is 1. The molecule has 13 N–H and O–H groups in total.